The quantitative estimate of drug-likeness (QED) is 0.505. The summed E-state index contributed by atoms with van der Waals surface area (Å²) in [6, 6.07) is 0. The van der Waals surface area contributed by atoms with E-state index in [0.717, 1.165) is 0 Å². The van der Waals surface area contributed by atoms with Crippen molar-refractivity contribution in [3.63, 3.8) is 0 Å². The molecule has 0 unspecified atom stereocenters. The number of carbonyl (C=O) groups is 2. The summed E-state index contributed by atoms with van der Waals surface area (Å²) in [5.41, 5.74) is 0. The van der Waals surface area contributed by atoms with Gasteiger partial charge in [0.2, 0.25) is 0 Å². The Morgan fingerprint density at radius 3 is 2.25 bits per heavy atom. The molecule has 2 amide bonds. The van der Waals surface area contributed by atoms with Crippen molar-refractivity contribution in [1.82, 2.24) is 10.6 Å². The van der Waals surface area contributed by atoms with Crippen molar-refractivity contribution in [3.05, 3.63) is 12.7 Å². The molecule has 0 aliphatic carbocycles. The van der Waals surface area contributed by atoms with Crippen LogP contribution in [0.1, 0.15) is 6.92 Å². The van der Waals surface area contributed by atoms with Gasteiger partial charge in [0.1, 0.15) is 0 Å². The van der Waals surface area contributed by atoms with E-state index >= 15 is 0 Å². The van der Waals surface area contributed by atoms with Crippen LogP contribution in [0.15, 0.2) is 6.08 Å². The number of nitrogens with one attached hydrogen (secondary N) is 2. The van der Waals surface area contributed by atoms with Gasteiger partial charge in [-0.1, -0.05) is 0 Å². The summed E-state index contributed by atoms with van der Waals surface area (Å²) in [7, 11) is 0. The van der Waals surface area contributed by atoms with E-state index in [9.17, 15) is 9.59 Å². The van der Waals surface area contributed by atoms with E-state index in [0.29, 0.717) is 6.54 Å². The molecule has 5 heteroatoms. The molecule has 0 aliphatic rings. The van der Waals surface area contributed by atoms with Crippen molar-refractivity contribution in [2.45, 2.75) is 6.92 Å². The maximum atomic E-state index is 10.7. The van der Waals surface area contributed by atoms with Gasteiger partial charge in [0.05, 0.1) is 0 Å². The zero-order valence-electron chi connectivity index (χ0n) is 6.96. The molecule has 65 valence electrons. The third-order valence-corrected chi connectivity index (χ3v) is 0.924. The van der Waals surface area contributed by atoms with Gasteiger partial charge >= 0.3 is 11.8 Å². The minimum absolute atomic E-state index is 0. The minimum Gasteiger partial charge on any atom is -0.516 e. The molecule has 0 aromatic heterocycles. The normalized spacial score (nSPS) is 7.75. The van der Waals surface area contributed by atoms with E-state index in [1.807, 2.05) is 0 Å². The Morgan fingerprint density at radius 2 is 1.83 bits per heavy atom. The van der Waals surface area contributed by atoms with Crippen molar-refractivity contribution >= 4 is 11.8 Å². The van der Waals surface area contributed by atoms with Crippen LogP contribution in [0.5, 0.6) is 0 Å². The monoisotopic (exact) mass is 244 g/mol. The molecule has 0 aliphatic heterocycles. The Morgan fingerprint density at radius 1 is 1.33 bits per heavy atom. The van der Waals surface area contributed by atoms with Gasteiger partial charge in [0, 0.05) is 45.8 Å². The predicted octanol–water partition coefficient (Wildman–Crippen LogP) is -0.775. The van der Waals surface area contributed by atoms with Crippen LogP contribution in [0.25, 0.3) is 0 Å². The van der Waals surface area contributed by atoms with Crippen LogP contribution >= 0.6 is 0 Å². The van der Waals surface area contributed by atoms with Crippen molar-refractivity contribution in [2.24, 2.45) is 0 Å². The number of hydrogen-bond acceptors (Lipinski definition) is 2. The van der Waals surface area contributed by atoms with E-state index in [1.54, 1.807) is 6.92 Å². The molecule has 0 saturated heterocycles. The van der Waals surface area contributed by atoms with Crippen LogP contribution in [-0.4, -0.2) is 24.9 Å². The van der Waals surface area contributed by atoms with Crippen LogP contribution in [0.4, 0.5) is 0 Å². The molecule has 2 N–H and O–H groups in total. The van der Waals surface area contributed by atoms with Crippen LogP contribution in [0.3, 0.4) is 0 Å². The first-order chi connectivity index (χ1) is 5.22. The molecule has 0 atom stereocenters. The maximum absolute atomic E-state index is 10.7. The summed E-state index contributed by atoms with van der Waals surface area (Å²) in [6.45, 7) is 7.36. The molecule has 0 heterocycles. The summed E-state index contributed by atoms with van der Waals surface area (Å²) in [6.07, 6.45) is 1.26. The maximum Gasteiger partial charge on any atom is 0.309 e. The summed E-state index contributed by atoms with van der Waals surface area (Å²) in [4.78, 5) is 21.4. The Bertz CT molecular complexity index is 171. The van der Waals surface area contributed by atoms with Crippen molar-refractivity contribution < 1.29 is 42.3 Å². The van der Waals surface area contributed by atoms with Crippen molar-refractivity contribution in [3.8, 4) is 0 Å². The summed E-state index contributed by atoms with van der Waals surface area (Å²) < 4.78 is 0. The molecule has 0 aromatic carbocycles. The van der Waals surface area contributed by atoms with Crippen LogP contribution < -0.4 is 10.6 Å². The number of rotatable bonds is 3. The molecule has 4 nitrogen and oxygen atoms in total. The first-order valence-electron chi connectivity index (χ1n) is 3.31. The Kier molecular flexibility index (Phi) is 10.6. The SMILES string of the molecule is [CH-]=CCNC(=O)C(=O)NCC.[Y]. The Labute approximate surface area is 97.0 Å². The molecular formula is C7H11N2O2Y-. The minimum atomic E-state index is -0.659. The van der Waals surface area contributed by atoms with Gasteiger partial charge in [0.15, 0.2) is 0 Å². The van der Waals surface area contributed by atoms with E-state index in [1.165, 1.54) is 6.08 Å². The number of carbonyl (C=O) groups excluding carboxylic acids is 2. The van der Waals surface area contributed by atoms with E-state index < -0.39 is 11.8 Å². The van der Waals surface area contributed by atoms with Crippen LogP contribution in [-0.2, 0) is 42.3 Å². The molecule has 0 spiro atoms. The smallest absolute Gasteiger partial charge is 0.309 e. The second-order valence-electron chi connectivity index (χ2n) is 1.81. The van der Waals surface area contributed by atoms with Gasteiger partial charge in [-0.3, -0.25) is 15.7 Å². The number of likely N-dealkylation sites (N-methyl/N-ethyl adjacent to an activating group) is 1. The molecule has 0 rings (SSSR count). The molecule has 0 saturated carbocycles. The molecule has 0 aromatic rings. The molecule has 0 fully saturated rings. The van der Waals surface area contributed by atoms with Crippen LogP contribution in [0.2, 0.25) is 0 Å². The average molecular weight is 244 g/mol. The molecule has 0 bridgehead atoms. The van der Waals surface area contributed by atoms with E-state index in [2.05, 4.69) is 10.6 Å². The summed E-state index contributed by atoms with van der Waals surface area (Å²) >= 11 is 0. The van der Waals surface area contributed by atoms with Crippen molar-refractivity contribution in [1.29, 1.82) is 0 Å². The summed E-state index contributed by atoms with van der Waals surface area (Å²) in [5, 5.41) is 4.63. The van der Waals surface area contributed by atoms with Gasteiger partial charge < -0.3 is 17.2 Å². The topological polar surface area (TPSA) is 58.2 Å². The first kappa shape index (κ1) is 14.3. The number of hydrogen-bond donors (Lipinski definition) is 2. The Hall–Kier alpha value is -0.216. The predicted molar refractivity (Wildman–Crippen MR) is 40.6 cm³/mol. The molecule has 1 radical (unpaired) electrons. The fourth-order valence-corrected chi connectivity index (χ4v) is 0.473. The second-order valence-corrected chi connectivity index (χ2v) is 1.81. The van der Waals surface area contributed by atoms with Crippen molar-refractivity contribution in [2.75, 3.05) is 13.1 Å². The molecular weight excluding hydrogens is 233 g/mol. The second kappa shape index (κ2) is 8.88. The fourth-order valence-electron chi connectivity index (χ4n) is 0.473. The van der Waals surface area contributed by atoms with Gasteiger partial charge in [-0.05, 0) is 6.92 Å². The standard InChI is InChI=1S/C7H11N2O2.Y/c1-3-5-9-7(11)6(10)8-4-2;/h1,3H,4-5H2,2H3,(H,8,10)(H,9,11);/q-1;. The van der Waals surface area contributed by atoms with Gasteiger partial charge in [-0.15, -0.1) is 0 Å². The van der Waals surface area contributed by atoms with Crippen LogP contribution in [0, 0.1) is 6.58 Å². The first-order valence-corrected chi connectivity index (χ1v) is 3.31. The number of amides is 2. The van der Waals surface area contributed by atoms with Gasteiger partial charge in [-0.25, -0.2) is 0 Å². The van der Waals surface area contributed by atoms with Gasteiger partial charge in [0.25, 0.3) is 0 Å². The molecule has 12 heavy (non-hydrogen) atoms. The third-order valence-electron chi connectivity index (χ3n) is 0.924. The largest absolute Gasteiger partial charge is 0.516 e. The van der Waals surface area contributed by atoms with E-state index in [4.69, 9.17) is 6.58 Å². The zero-order valence-corrected chi connectivity index (χ0v) is 9.80. The van der Waals surface area contributed by atoms with E-state index in [-0.39, 0.29) is 39.3 Å². The third kappa shape index (κ3) is 6.49. The fraction of sp³-hybridized carbons (Fsp3) is 0.429. The van der Waals surface area contributed by atoms with Gasteiger partial charge in [-0.2, -0.15) is 0 Å². The average Bonchev–Trinajstić information content (AvgIpc) is 2.00. The summed E-state index contributed by atoms with van der Waals surface area (Å²) in [5.74, 6) is -1.29. The zero-order chi connectivity index (χ0) is 8.69. The Balaban J connectivity index is 0.